The molecule has 0 atom stereocenters. The van der Waals surface area contributed by atoms with Gasteiger partial charge in [0.05, 0.1) is 11.4 Å². The van der Waals surface area contributed by atoms with Crippen LogP contribution in [0.2, 0.25) is 0 Å². The molecule has 1 amide bonds. The summed E-state index contributed by atoms with van der Waals surface area (Å²) in [6.07, 6.45) is 0. The zero-order valence-electron chi connectivity index (χ0n) is 11.3. The van der Waals surface area contributed by atoms with Gasteiger partial charge < -0.3 is 19.9 Å². The van der Waals surface area contributed by atoms with E-state index in [1.165, 1.54) is 0 Å². The van der Waals surface area contributed by atoms with Gasteiger partial charge in [-0.25, -0.2) is 0 Å². The minimum Gasteiger partial charge on any atom is -0.482 e. The zero-order valence-corrected chi connectivity index (χ0v) is 11.3. The summed E-state index contributed by atoms with van der Waals surface area (Å²) < 4.78 is 10.4. The fourth-order valence-corrected chi connectivity index (χ4v) is 2.14. The molecule has 0 fully saturated rings. The minimum atomic E-state index is -0.139. The van der Waals surface area contributed by atoms with E-state index in [4.69, 9.17) is 9.26 Å². The third-order valence-corrected chi connectivity index (χ3v) is 3.26. The fourth-order valence-electron chi connectivity index (χ4n) is 2.14. The lowest BCUT2D eigenvalue weighted by Gasteiger charge is -2.18. The second-order valence-corrected chi connectivity index (χ2v) is 4.70. The Morgan fingerprint density at radius 3 is 3.00 bits per heavy atom. The molecule has 0 bridgehead atoms. The number of aryl methyl sites for hydroxylation is 2. The second kappa shape index (κ2) is 4.88. The molecular formula is C14H15N3O3. The molecule has 2 N–H and O–H groups in total. The van der Waals surface area contributed by atoms with Crippen molar-refractivity contribution in [3.05, 3.63) is 35.2 Å². The predicted octanol–water partition coefficient (Wildman–Crippen LogP) is 2.23. The third kappa shape index (κ3) is 2.32. The Morgan fingerprint density at radius 1 is 1.40 bits per heavy atom. The van der Waals surface area contributed by atoms with Gasteiger partial charge in [0.25, 0.3) is 5.91 Å². The molecule has 1 aromatic carbocycles. The average Bonchev–Trinajstić information content (AvgIpc) is 2.75. The number of rotatable bonds is 3. The van der Waals surface area contributed by atoms with E-state index >= 15 is 0 Å². The van der Waals surface area contributed by atoms with Crippen LogP contribution in [-0.4, -0.2) is 17.7 Å². The SMILES string of the molecule is Cc1noc(C)c1CNc1ccc2c(c1)NC(=O)CO2. The van der Waals surface area contributed by atoms with E-state index in [1.807, 2.05) is 32.0 Å². The zero-order chi connectivity index (χ0) is 14.1. The minimum absolute atomic E-state index is 0.0683. The number of hydrogen-bond donors (Lipinski definition) is 2. The molecule has 3 rings (SSSR count). The Labute approximate surface area is 116 Å². The van der Waals surface area contributed by atoms with Gasteiger partial charge in [0, 0.05) is 17.8 Å². The van der Waals surface area contributed by atoms with E-state index in [1.54, 1.807) is 0 Å². The first-order chi connectivity index (χ1) is 9.63. The molecule has 2 heterocycles. The van der Waals surface area contributed by atoms with Gasteiger partial charge in [0.2, 0.25) is 0 Å². The van der Waals surface area contributed by atoms with Gasteiger partial charge in [-0.2, -0.15) is 0 Å². The van der Waals surface area contributed by atoms with Gasteiger partial charge in [-0.3, -0.25) is 4.79 Å². The number of aromatic nitrogens is 1. The predicted molar refractivity (Wildman–Crippen MR) is 73.9 cm³/mol. The molecular weight excluding hydrogens is 258 g/mol. The average molecular weight is 273 g/mol. The van der Waals surface area contributed by atoms with Crippen molar-refractivity contribution in [2.24, 2.45) is 0 Å². The van der Waals surface area contributed by atoms with Gasteiger partial charge in [-0.15, -0.1) is 0 Å². The maximum Gasteiger partial charge on any atom is 0.262 e. The van der Waals surface area contributed by atoms with E-state index < -0.39 is 0 Å². The first-order valence-corrected chi connectivity index (χ1v) is 6.36. The fraction of sp³-hybridized carbons (Fsp3) is 0.286. The Bertz CT molecular complexity index is 644. The third-order valence-electron chi connectivity index (χ3n) is 3.26. The molecule has 0 aliphatic carbocycles. The lowest BCUT2D eigenvalue weighted by Crippen LogP contribution is -2.25. The Kier molecular flexibility index (Phi) is 3.06. The van der Waals surface area contributed by atoms with Crippen molar-refractivity contribution in [3.8, 4) is 5.75 Å². The van der Waals surface area contributed by atoms with Crippen molar-refractivity contribution in [1.29, 1.82) is 0 Å². The van der Waals surface area contributed by atoms with E-state index in [2.05, 4.69) is 15.8 Å². The van der Waals surface area contributed by atoms with Gasteiger partial charge in [0.1, 0.15) is 11.5 Å². The van der Waals surface area contributed by atoms with Crippen LogP contribution in [0.1, 0.15) is 17.0 Å². The van der Waals surface area contributed by atoms with Crippen LogP contribution in [0.3, 0.4) is 0 Å². The van der Waals surface area contributed by atoms with Crippen LogP contribution in [0.5, 0.6) is 5.75 Å². The lowest BCUT2D eigenvalue weighted by molar-refractivity contribution is -0.118. The maximum atomic E-state index is 11.3. The summed E-state index contributed by atoms with van der Waals surface area (Å²) in [5, 5.41) is 9.98. The summed E-state index contributed by atoms with van der Waals surface area (Å²) in [6, 6.07) is 5.60. The highest BCUT2D eigenvalue weighted by Gasteiger charge is 2.16. The van der Waals surface area contributed by atoms with Crippen LogP contribution in [0.15, 0.2) is 22.7 Å². The summed E-state index contributed by atoms with van der Waals surface area (Å²) in [6.45, 7) is 4.49. The van der Waals surface area contributed by atoms with Gasteiger partial charge in [0.15, 0.2) is 6.61 Å². The normalized spacial score (nSPS) is 13.4. The summed E-state index contributed by atoms with van der Waals surface area (Å²) in [7, 11) is 0. The van der Waals surface area contributed by atoms with Crippen LogP contribution in [-0.2, 0) is 11.3 Å². The van der Waals surface area contributed by atoms with Crippen molar-refractivity contribution in [2.45, 2.75) is 20.4 Å². The first kappa shape index (κ1) is 12.5. The topological polar surface area (TPSA) is 76.4 Å². The molecule has 6 nitrogen and oxygen atoms in total. The molecule has 0 saturated carbocycles. The molecule has 2 aromatic rings. The van der Waals surface area contributed by atoms with Crippen LogP contribution < -0.4 is 15.4 Å². The number of nitrogens with zero attached hydrogens (tertiary/aromatic N) is 1. The highest BCUT2D eigenvalue weighted by atomic mass is 16.5. The van der Waals surface area contributed by atoms with E-state index in [-0.39, 0.29) is 12.5 Å². The number of fused-ring (bicyclic) bond motifs is 1. The van der Waals surface area contributed by atoms with Gasteiger partial charge in [-0.05, 0) is 32.0 Å². The van der Waals surface area contributed by atoms with Gasteiger partial charge in [-0.1, -0.05) is 5.16 Å². The van der Waals surface area contributed by atoms with E-state index in [9.17, 15) is 4.79 Å². The van der Waals surface area contributed by atoms with E-state index in [0.717, 1.165) is 22.7 Å². The molecule has 0 spiro atoms. The van der Waals surface area contributed by atoms with Crippen LogP contribution in [0.25, 0.3) is 0 Å². The summed E-state index contributed by atoms with van der Waals surface area (Å²) >= 11 is 0. The standard InChI is InChI=1S/C14H15N3O3/c1-8-11(9(2)20-17-8)6-15-10-3-4-13-12(5-10)16-14(18)7-19-13/h3-5,15H,6-7H2,1-2H3,(H,16,18). The van der Waals surface area contributed by atoms with Crippen LogP contribution in [0.4, 0.5) is 11.4 Å². The number of anilines is 2. The molecule has 1 aromatic heterocycles. The Balaban J connectivity index is 1.75. The van der Waals surface area contributed by atoms with Crippen molar-refractivity contribution >= 4 is 17.3 Å². The number of hydrogen-bond acceptors (Lipinski definition) is 5. The highest BCUT2D eigenvalue weighted by molar-refractivity contribution is 5.96. The molecule has 1 aliphatic heterocycles. The van der Waals surface area contributed by atoms with Gasteiger partial charge >= 0.3 is 0 Å². The summed E-state index contributed by atoms with van der Waals surface area (Å²) in [4.78, 5) is 11.3. The number of amides is 1. The van der Waals surface area contributed by atoms with Crippen molar-refractivity contribution < 1.29 is 14.1 Å². The molecule has 6 heteroatoms. The number of carbonyl (C=O) groups is 1. The molecule has 0 saturated heterocycles. The smallest absolute Gasteiger partial charge is 0.262 e. The Hall–Kier alpha value is -2.50. The first-order valence-electron chi connectivity index (χ1n) is 6.36. The monoisotopic (exact) mass is 273 g/mol. The quantitative estimate of drug-likeness (QED) is 0.896. The highest BCUT2D eigenvalue weighted by Crippen LogP contribution is 2.30. The molecule has 1 aliphatic rings. The van der Waals surface area contributed by atoms with Crippen molar-refractivity contribution in [2.75, 3.05) is 17.2 Å². The maximum absolute atomic E-state index is 11.3. The number of nitrogens with one attached hydrogen (secondary N) is 2. The number of ether oxygens (including phenoxy) is 1. The number of benzene rings is 1. The lowest BCUT2D eigenvalue weighted by atomic mass is 10.2. The molecule has 0 radical (unpaired) electrons. The van der Waals surface area contributed by atoms with E-state index in [0.29, 0.717) is 18.0 Å². The van der Waals surface area contributed by atoms with Crippen LogP contribution >= 0.6 is 0 Å². The molecule has 0 unspecified atom stereocenters. The Morgan fingerprint density at radius 2 is 2.25 bits per heavy atom. The summed E-state index contributed by atoms with van der Waals surface area (Å²) in [5.74, 6) is 1.36. The molecule has 20 heavy (non-hydrogen) atoms. The van der Waals surface area contributed by atoms with Crippen molar-refractivity contribution in [1.82, 2.24) is 5.16 Å². The largest absolute Gasteiger partial charge is 0.482 e. The van der Waals surface area contributed by atoms with Crippen LogP contribution in [0, 0.1) is 13.8 Å². The van der Waals surface area contributed by atoms with Crippen molar-refractivity contribution in [3.63, 3.8) is 0 Å². The summed E-state index contributed by atoms with van der Waals surface area (Å²) in [5.41, 5.74) is 3.51. The second-order valence-electron chi connectivity index (χ2n) is 4.70. The number of carbonyl (C=O) groups excluding carboxylic acids is 1. The molecule has 104 valence electrons.